The van der Waals surface area contributed by atoms with Crippen molar-refractivity contribution in [1.29, 1.82) is 0 Å². The summed E-state index contributed by atoms with van der Waals surface area (Å²) in [5.41, 5.74) is 1.50. The quantitative estimate of drug-likeness (QED) is 0.677. The summed E-state index contributed by atoms with van der Waals surface area (Å²) in [6.45, 7) is 4.49. The number of esters is 1. The van der Waals surface area contributed by atoms with Crippen LogP contribution in [0.1, 0.15) is 66.8 Å². The molecule has 0 aliphatic heterocycles. The number of amides is 1. The van der Waals surface area contributed by atoms with Crippen molar-refractivity contribution in [3.8, 4) is 0 Å². The van der Waals surface area contributed by atoms with Gasteiger partial charge in [0.15, 0.2) is 0 Å². The zero-order valence-electron chi connectivity index (χ0n) is 17.0. The fraction of sp³-hybridized carbons (Fsp3) is 0.682. The SMILES string of the molecule is CCCOC(=O)c1c(NC(=O)[C@@H]2[C@H]3CC[C@@H](C3)[C@@H]2C(=O)O)sc2c1CC[C@@H](C)C2. The molecule has 4 rings (SSSR count). The standard InChI is InChI=1S/C22H29NO5S/c1-3-8-28-22(27)18-14-7-4-11(2)9-15(14)29-20(18)23-19(24)16-12-5-6-13(10-12)17(16)21(25)26/h11-13,16-17H,3-10H2,1-2H3,(H,23,24)(H,25,26)/t11-,12+,13+,16-,17+/m1/s1. The number of hydrogen-bond donors (Lipinski definition) is 2. The van der Waals surface area contributed by atoms with Crippen LogP contribution >= 0.6 is 11.3 Å². The largest absolute Gasteiger partial charge is 0.481 e. The molecule has 0 aromatic carbocycles. The van der Waals surface area contributed by atoms with E-state index < -0.39 is 17.8 Å². The van der Waals surface area contributed by atoms with E-state index in [1.165, 1.54) is 11.3 Å². The van der Waals surface area contributed by atoms with Gasteiger partial charge in [-0.15, -0.1) is 11.3 Å². The molecule has 158 valence electrons. The molecule has 0 spiro atoms. The second-order valence-corrected chi connectivity index (χ2v) is 10.0. The van der Waals surface area contributed by atoms with Crippen LogP contribution in [-0.2, 0) is 27.2 Å². The van der Waals surface area contributed by atoms with Gasteiger partial charge in [-0.3, -0.25) is 9.59 Å². The fourth-order valence-corrected chi connectivity index (χ4v) is 6.94. The van der Waals surface area contributed by atoms with Gasteiger partial charge < -0.3 is 15.2 Å². The number of carbonyl (C=O) groups is 3. The van der Waals surface area contributed by atoms with Crippen LogP contribution in [0.25, 0.3) is 0 Å². The number of anilines is 1. The molecule has 2 bridgehead atoms. The van der Waals surface area contributed by atoms with Crippen LogP contribution in [0.15, 0.2) is 0 Å². The number of rotatable bonds is 6. The molecule has 5 atom stereocenters. The molecule has 0 saturated heterocycles. The van der Waals surface area contributed by atoms with Gasteiger partial charge in [0, 0.05) is 4.88 Å². The molecule has 2 fully saturated rings. The van der Waals surface area contributed by atoms with Crippen LogP contribution in [-0.4, -0.2) is 29.6 Å². The van der Waals surface area contributed by atoms with Crippen molar-refractivity contribution in [2.45, 2.75) is 58.8 Å². The first-order chi connectivity index (χ1) is 13.9. The Kier molecular flexibility index (Phi) is 5.69. The van der Waals surface area contributed by atoms with Gasteiger partial charge in [0.1, 0.15) is 5.00 Å². The number of carboxylic acid groups (broad SMARTS) is 1. The minimum atomic E-state index is -0.876. The van der Waals surface area contributed by atoms with E-state index in [1.807, 2.05) is 6.92 Å². The van der Waals surface area contributed by atoms with Gasteiger partial charge in [0.2, 0.25) is 5.91 Å². The van der Waals surface area contributed by atoms with Gasteiger partial charge in [0.25, 0.3) is 0 Å². The van der Waals surface area contributed by atoms with Gasteiger partial charge in [0.05, 0.1) is 24.0 Å². The summed E-state index contributed by atoms with van der Waals surface area (Å²) in [5, 5.41) is 13.2. The Morgan fingerprint density at radius 2 is 1.90 bits per heavy atom. The number of hydrogen-bond acceptors (Lipinski definition) is 5. The van der Waals surface area contributed by atoms with Crippen LogP contribution < -0.4 is 5.32 Å². The van der Waals surface area contributed by atoms with Crippen LogP contribution in [0.3, 0.4) is 0 Å². The third-order valence-corrected chi connectivity index (χ3v) is 8.06. The summed E-state index contributed by atoms with van der Waals surface area (Å²) >= 11 is 1.46. The third-order valence-electron chi connectivity index (χ3n) is 6.89. The van der Waals surface area contributed by atoms with E-state index in [0.29, 0.717) is 23.1 Å². The van der Waals surface area contributed by atoms with Crippen molar-refractivity contribution in [1.82, 2.24) is 0 Å². The summed E-state index contributed by atoms with van der Waals surface area (Å²) in [5.74, 6) is -1.85. The molecule has 2 saturated carbocycles. The van der Waals surface area contributed by atoms with E-state index in [4.69, 9.17) is 4.74 Å². The molecule has 3 aliphatic rings. The van der Waals surface area contributed by atoms with Gasteiger partial charge in [-0.2, -0.15) is 0 Å². The zero-order chi connectivity index (χ0) is 20.7. The molecule has 1 aromatic rings. The Balaban J connectivity index is 1.61. The number of ether oxygens (including phenoxy) is 1. The summed E-state index contributed by atoms with van der Waals surface area (Å²) < 4.78 is 5.41. The highest BCUT2D eigenvalue weighted by atomic mass is 32.1. The molecular formula is C22H29NO5S. The molecule has 1 amide bonds. The Labute approximate surface area is 175 Å². The monoisotopic (exact) mass is 419 g/mol. The second-order valence-electron chi connectivity index (χ2n) is 8.90. The van der Waals surface area contributed by atoms with Crippen molar-refractivity contribution in [3.05, 3.63) is 16.0 Å². The molecule has 0 radical (unpaired) electrons. The number of fused-ring (bicyclic) bond motifs is 3. The maximum atomic E-state index is 13.2. The molecule has 0 unspecified atom stereocenters. The van der Waals surface area contributed by atoms with E-state index in [-0.39, 0.29) is 23.7 Å². The first-order valence-corrected chi connectivity index (χ1v) is 11.6. The lowest BCUT2D eigenvalue weighted by Crippen LogP contribution is -2.38. The minimum Gasteiger partial charge on any atom is -0.481 e. The number of carbonyl (C=O) groups excluding carboxylic acids is 2. The van der Waals surface area contributed by atoms with Gasteiger partial charge in [-0.25, -0.2) is 4.79 Å². The number of carboxylic acids is 1. The van der Waals surface area contributed by atoms with Crippen LogP contribution in [0.5, 0.6) is 0 Å². The summed E-state index contributed by atoms with van der Waals surface area (Å²) in [4.78, 5) is 38.9. The van der Waals surface area contributed by atoms with Crippen molar-refractivity contribution in [2.24, 2.45) is 29.6 Å². The molecule has 6 nitrogen and oxygen atoms in total. The van der Waals surface area contributed by atoms with Crippen LogP contribution in [0, 0.1) is 29.6 Å². The highest BCUT2D eigenvalue weighted by molar-refractivity contribution is 7.17. The molecule has 1 aromatic heterocycles. The molecular weight excluding hydrogens is 390 g/mol. The maximum absolute atomic E-state index is 13.2. The van der Waals surface area contributed by atoms with E-state index >= 15 is 0 Å². The predicted molar refractivity (Wildman–Crippen MR) is 110 cm³/mol. The summed E-state index contributed by atoms with van der Waals surface area (Å²) in [6.07, 6.45) is 6.09. The highest BCUT2D eigenvalue weighted by Gasteiger charge is 2.54. The first-order valence-electron chi connectivity index (χ1n) is 10.8. The molecule has 7 heteroatoms. The number of aliphatic carboxylic acids is 1. The van der Waals surface area contributed by atoms with Gasteiger partial charge >= 0.3 is 11.9 Å². The van der Waals surface area contributed by atoms with E-state index in [0.717, 1.165) is 55.4 Å². The van der Waals surface area contributed by atoms with Crippen molar-refractivity contribution >= 4 is 34.2 Å². The van der Waals surface area contributed by atoms with Crippen LogP contribution in [0.4, 0.5) is 5.00 Å². The lowest BCUT2D eigenvalue weighted by molar-refractivity contribution is -0.148. The Morgan fingerprint density at radius 1 is 1.17 bits per heavy atom. The third kappa shape index (κ3) is 3.69. The fourth-order valence-electron chi connectivity index (χ4n) is 5.54. The predicted octanol–water partition coefficient (Wildman–Crippen LogP) is 4.13. The summed E-state index contributed by atoms with van der Waals surface area (Å²) in [7, 11) is 0. The van der Waals surface area contributed by atoms with E-state index in [1.54, 1.807) is 0 Å². The molecule has 2 N–H and O–H groups in total. The van der Waals surface area contributed by atoms with E-state index in [9.17, 15) is 19.5 Å². The molecule has 3 aliphatic carbocycles. The van der Waals surface area contributed by atoms with Gasteiger partial charge in [-0.05, 0) is 68.3 Å². The Bertz CT molecular complexity index is 831. The summed E-state index contributed by atoms with van der Waals surface area (Å²) in [6, 6.07) is 0. The van der Waals surface area contributed by atoms with Crippen molar-refractivity contribution in [3.63, 3.8) is 0 Å². The van der Waals surface area contributed by atoms with Crippen molar-refractivity contribution in [2.75, 3.05) is 11.9 Å². The second kappa shape index (κ2) is 8.09. The molecule has 1 heterocycles. The first kappa shape index (κ1) is 20.4. The molecule has 29 heavy (non-hydrogen) atoms. The lowest BCUT2D eigenvalue weighted by Gasteiger charge is -2.27. The number of nitrogens with one attached hydrogen (secondary N) is 1. The van der Waals surface area contributed by atoms with Crippen molar-refractivity contribution < 1.29 is 24.2 Å². The normalized spacial score (nSPS) is 30.1. The van der Waals surface area contributed by atoms with Crippen LogP contribution in [0.2, 0.25) is 0 Å². The smallest absolute Gasteiger partial charge is 0.341 e. The lowest BCUT2D eigenvalue weighted by atomic mass is 9.78. The topological polar surface area (TPSA) is 92.7 Å². The Hall–Kier alpha value is -1.89. The minimum absolute atomic E-state index is 0.0969. The Morgan fingerprint density at radius 3 is 2.59 bits per heavy atom. The average molecular weight is 420 g/mol. The number of thiophene rings is 1. The van der Waals surface area contributed by atoms with Gasteiger partial charge in [-0.1, -0.05) is 13.8 Å². The average Bonchev–Trinajstić information content (AvgIpc) is 3.37. The zero-order valence-corrected chi connectivity index (χ0v) is 17.8. The maximum Gasteiger partial charge on any atom is 0.341 e. The van der Waals surface area contributed by atoms with E-state index in [2.05, 4.69) is 12.2 Å². The highest BCUT2D eigenvalue weighted by Crippen LogP contribution is 2.53.